The highest BCUT2D eigenvalue weighted by Crippen LogP contribution is 2.28. The number of halogens is 2. The first kappa shape index (κ1) is 18.2. The Balaban J connectivity index is 0.00000192. The summed E-state index contributed by atoms with van der Waals surface area (Å²) in [5.41, 5.74) is 0.839. The van der Waals surface area contributed by atoms with Gasteiger partial charge in [0.05, 0.1) is 12.1 Å². The largest absolute Gasteiger partial charge is 0.365 e. The number of benzene rings is 1. The number of nitrogens with one attached hydrogen (secondary N) is 1. The van der Waals surface area contributed by atoms with Crippen LogP contribution in [0.1, 0.15) is 37.8 Å². The molecule has 0 bridgehead atoms. The molecule has 2 aliphatic heterocycles. The zero-order valence-electron chi connectivity index (χ0n) is 13.3. The summed E-state index contributed by atoms with van der Waals surface area (Å²) in [7, 11) is 0. The van der Waals surface area contributed by atoms with E-state index in [1.54, 1.807) is 6.07 Å². The lowest BCUT2D eigenvalue weighted by Crippen LogP contribution is -2.51. The van der Waals surface area contributed by atoms with Gasteiger partial charge >= 0.3 is 0 Å². The second-order valence-electron chi connectivity index (χ2n) is 6.04. The summed E-state index contributed by atoms with van der Waals surface area (Å²) in [6.07, 6.45) is 2.54. The van der Waals surface area contributed by atoms with E-state index in [0.717, 1.165) is 31.4 Å². The smallest absolute Gasteiger partial charge is 0.252 e. The maximum atomic E-state index is 13.5. The molecule has 3 atom stereocenters. The molecule has 3 unspecified atom stereocenters. The summed E-state index contributed by atoms with van der Waals surface area (Å²) in [6.45, 7) is 4.13. The van der Waals surface area contributed by atoms with Gasteiger partial charge in [0.25, 0.3) is 5.91 Å². The van der Waals surface area contributed by atoms with Crippen LogP contribution in [0.5, 0.6) is 0 Å². The SMILES string of the molecule is CCC1CCC(C(=O)N2CCNCC2c2cccc(F)c2)O1.Cl. The Labute approximate surface area is 142 Å². The second kappa shape index (κ2) is 8.08. The number of amides is 1. The highest BCUT2D eigenvalue weighted by Gasteiger charge is 2.36. The molecule has 0 saturated carbocycles. The van der Waals surface area contributed by atoms with Gasteiger partial charge in [-0.3, -0.25) is 4.79 Å². The standard InChI is InChI=1S/C17H23FN2O2.ClH/c1-2-14-6-7-16(22-14)17(21)20-9-8-19-11-15(20)12-4-3-5-13(18)10-12;/h3-5,10,14-16,19H,2,6-9,11H2,1H3;1H. The van der Waals surface area contributed by atoms with E-state index in [2.05, 4.69) is 12.2 Å². The number of piperazine rings is 1. The number of rotatable bonds is 3. The van der Waals surface area contributed by atoms with Gasteiger partial charge in [-0.25, -0.2) is 4.39 Å². The Morgan fingerprint density at radius 3 is 2.96 bits per heavy atom. The number of hydrogen-bond donors (Lipinski definition) is 1. The molecule has 23 heavy (non-hydrogen) atoms. The van der Waals surface area contributed by atoms with Crippen LogP contribution in [-0.2, 0) is 9.53 Å². The lowest BCUT2D eigenvalue weighted by atomic mass is 10.0. The molecule has 0 aromatic heterocycles. The number of carbonyl (C=O) groups is 1. The summed E-state index contributed by atoms with van der Waals surface area (Å²) in [5, 5.41) is 3.29. The zero-order chi connectivity index (χ0) is 15.5. The van der Waals surface area contributed by atoms with Crippen molar-refractivity contribution in [2.75, 3.05) is 19.6 Å². The molecule has 2 saturated heterocycles. The average molecular weight is 343 g/mol. The molecule has 0 spiro atoms. The molecule has 1 N–H and O–H groups in total. The number of carbonyl (C=O) groups excluding carboxylic acids is 1. The van der Waals surface area contributed by atoms with Gasteiger partial charge in [0, 0.05) is 19.6 Å². The van der Waals surface area contributed by atoms with Crippen molar-refractivity contribution in [2.24, 2.45) is 0 Å². The van der Waals surface area contributed by atoms with Crippen molar-refractivity contribution in [2.45, 2.75) is 44.4 Å². The Morgan fingerprint density at radius 1 is 1.43 bits per heavy atom. The quantitative estimate of drug-likeness (QED) is 0.918. The lowest BCUT2D eigenvalue weighted by molar-refractivity contribution is -0.146. The first-order valence-corrected chi connectivity index (χ1v) is 8.11. The summed E-state index contributed by atoms with van der Waals surface area (Å²) in [6, 6.07) is 6.40. The van der Waals surface area contributed by atoms with Crippen LogP contribution >= 0.6 is 12.4 Å². The molecule has 1 aromatic carbocycles. The van der Waals surface area contributed by atoms with Gasteiger partial charge in [-0.05, 0) is 37.0 Å². The van der Waals surface area contributed by atoms with Crippen LogP contribution in [0.25, 0.3) is 0 Å². The molecule has 128 valence electrons. The molecular formula is C17H24ClFN2O2. The number of hydrogen-bond acceptors (Lipinski definition) is 3. The predicted octanol–water partition coefficient (Wildman–Crippen LogP) is 2.68. The molecule has 1 aromatic rings. The van der Waals surface area contributed by atoms with Crippen molar-refractivity contribution in [1.29, 1.82) is 0 Å². The van der Waals surface area contributed by atoms with Gasteiger partial charge in [-0.15, -0.1) is 12.4 Å². The molecule has 0 radical (unpaired) electrons. The Hall–Kier alpha value is -1.17. The van der Waals surface area contributed by atoms with Crippen molar-refractivity contribution in [3.8, 4) is 0 Å². The third-order valence-corrected chi connectivity index (χ3v) is 4.60. The van der Waals surface area contributed by atoms with E-state index in [9.17, 15) is 9.18 Å². The van der Waals surface area contributed by atoms with Crippen LogP contribution < -0.4 is 5.32 Å². The molecule has 0 aliphatic carbocycles. The molecule has 4 nitrogen and oxygen atoms in total. The maximum absolute atomic E-state index is 13.5. The summed E-state index contributed by atoms with van der Waals surface area (Å²) < 4.78 is 19.3. The summed E-state index contributed by atoms with van der Waals surface area (Å²) >= 11 is 0. The second-order valence-corrected chi connectivity index (χ2v) is 6.04. The number of ether oxygens (including phenoxy) is 1. The van der Waals surface area contributed by atoms with Crippen LogP contribution in [0, 0.1) is 5.82 Å². The lowest BCUT2D eigenvalue weighted by Gasteiger charge is -2.37. The third kappa shape index (κ3) is 4.03. The monoisotopic (exact) mass is 342 g/mol. The highest BCUT2D eigenvalue weighted by atomic mass is 35.5. The van der Waals surface area contributed by atoms with Crippen molar-refractivity contribution in [3.05, 3.63) is 35.6 Å². The fourth-order valence-electron chi connectivity index (χ4n) is 3.35. The molecule has 2 aliphatic rings. The maximum Gasteiger partial charge on any atom is 0.252 e. The predicted molar refractivity (Wildman–Crippen MR) is 89.2 cm³/mol. The van der Waals surface area contributed by atoms with E-state index >= 15 is 0 Å². The van der Waals surface area contributed by atoms with E-state index in [1.165, 1.54) is 12.1 Å². The minimum Gasteiger partial charge on any atom is -0.365 e. The van der Waals surface area contributed by atoms with E-state index in [4.69, 9.17) is 4.74 Å². The molecule has 2 fully saturated rings. The van der Waals surface area contributed by atoms with E-state index in [1.807, 2.05) is 11.0 Å². The highest BCUT2D eigenvalue weighted by molar-refractivity contribution is 5.85. The van der Waals surface area contributed by atoms with Crippen LogP contribution in [-0.4, -0.2) is 42.6 Å². The summed E-state index contributed by atoms with van der Waals surface area (Å²) in [4.78, 5) is 14.7. The molecule has 6 heteroatoms. The fourth-order valence-corrected chi connectivity index (χ4v) is 3.35. The van der Waals surface area contributed by atoms with Crippen LogP contribution in [0.2, 0.25) is 0 Å². The molecular weight excluding hydrogens is 319 g/mol. The first-order chi connectivity index (χ1) is 10.7. The van der Waals surface area contributed by atoms with Crippen LogP contribution in [0.15, 0.2) is 24.3 Å². The molecule has 2 heterocycles. The van der Waals surface area contributed by atoms with Gasteiger partial charge in [0.15, 0.2) is 0 Å². The van der Waals surface area contributed by atoms with Crippen molar-refractivity contribution in [1.82, 2.24) is 10.2 Å². The van der Waals surface area contributed by atoms with E-state index < -0.39 is 0 Å². The van der Waals surface area contributed by atoms with Crippen molar-refractivity contribution < 1.29 is 13.9 Å². The van der Waals surface area contributed by atoms with Crippen LogP contribution in [0.3, 0.4) is 0 Å². The van der Waals surface area contributed by atoms with Crippen molar-refractivity contribution in [3.63, 3.8) is 0 Å². The Kier molecular flexibility index (Phi) is 6.39. The average Bonchev–Trinajstić information content (AvgIpc) is 3.03. The van der Waals surface area contributed by atoms with Gasteiger partial charge in [0.2, 0.25) is 0 Å². The summed E-state index contributed by atoms with van der Waals surface area (Å²) in [5.74, 6) is -0.217. The number of nitrogens with zero attached hydrogens (tertiary/aromatic N) is 1. The molecule has 3 rings (SSSR count). The van der Waals surface area contributed by atoms with E-state index in [0.29, 0.717) is 13.1 Å². The van der Waals surface area contributed by atoms with Gasteiger partial charge in [0.1, 0.15) is 11.9 Å². The normalized spacial score (nSPS) is 27.6. The van der Waals surface area contributed by atoms with Crippen molar-refractivity contribution >= 4 is 18.3 Å². The van der Waals surface area contributed by atoms with Gasteiger partial charge in [-0.1, -0.05) is 19.1 Å². The first-order valence-electron chi connectivity index (χ1n) is 8.11. The van der Waals surface area contributed by atoms with E-state index in [-0.39, 0.29) is 42.4 Å². The van der Waals surface area contributed by atoms with Gasteiger partial charge < -0.3 is 15.0 Å². The Bertz CT molecular complexity index is 543. The minimum atomic E-state index is -0.334. The third-order valence-electron chi connectivity index (χ3n) is 4.60. The minimum absolute atomic E-state index is 0. The topological polar surface area (TPSA) is 41.6 Å². The Morgan fingerprint density at radius 2 is 2.26 bits per heavy atom. The molecule has 1 amide bonds. The fraction of sp³-hybridized carbons (Fsp3) is 0.588. The zero-order valence-corrected chi connectivity index (χ0v) is 14.2. The van der Waals surface area contributed by atoms with Gasteiger partial charge in [-0.2, -0.15) is 0 Å². The van der Waals surface area contributed by atoms with Crippen LogP contribution in [0.4, 0.5) is 4.39 Å².